The average molecular weight is 228 g/mol. The summed E-state index contributed by atoms with van der Waals surface area (Å²) in [7, 11) is 6.23. The van der Waals surface area contributed by atoms with Crippen molar-refractivity contribution in [1.29, 1.82) is 0 Å². The fourth-order valence-electron chi connectivity index (χ4n) is 3.09. The summed E-state index contributed by atoms with van der Waals surface area (Å²) in [6.07, 6.45) is 6.68. The molecule has 96 valence electrons. The molecule has 0 amide bonds. The van der Waals surface area contributed by atoms with Gasteiger partial charge in [0, 0.05) is 18.7 Å². The lowest BCUT2D eigenvalue weighted by Gasteiger charge is -2.48. The number of nitrogens with zero attached hydrogens (tertiary/aromatic N) is 1. The Morgan fingerprint density at radius 2 is 1.88 bits per heavy atom. The molecule has 0 aliphatic heterocycles. The highest BCUT2D eigenvalue weighted by molar-refractivity contribution is 5.00. The molecule has 0 aromatic heterocycles. The lowest BCUT2D eigenvalue weighted by Crippen LogP contribution is -2.61. The molecule has 3 nitrogen and oxygen atoms in total. The van der Waals surface area contributed by atoms with Crippen LogP contribution in [0.2, 0.25) is 0 Å². The van der Waals surface area contributed by atoms with Crippen molar-refractivity contribution in [2.45, 2.75) is 50.6 Å². The molecule has 0 heterocycles. The predicted molar refractivity (Wildman–Crippen MR) is 68.8 cm³/mol. The highest BCUT2D eigenvalue weighted by Crippen LogP contribution is 2.35. The molecule has 1 rings (SSSR count). The predicted octanol–water partition coefficient (Wildman–Crippen LogP) is 1.88. The van der Waals surface area contributed by atoms with Crippen molar-refractivity contribution >= 4 is 0 Å². The van der Waals surface area contributed by atoms with Crippen LogP contribution in [0, 0.1) is 0 Å². The number of nitrogens with one attached hydrogen (secondary N) is 1. The van der Waals surface area contributed by atoms with Gasteiger partial charge in [-0.15, -0.1) is 0 Å². The molecule has 1 unspecified atom stereocenters. The van der Waals surface area contributed by atoms with Crippen LogP contribution < -0.4 is 5.32 Å². The van der Waals surface area contributed by atoms with Gasteiger partial charge in [-0.2, -0.15) is 0 Å². The third kappa shape index (κ3) is 2.96. The third-order valence-electron chi connectivity index (χ3n) is 4.04. The van der Waals surface area contributed by atoms with Gasteiger partial charge in [0.25, 0.3) is 0 Å². The van der Waals surface area contributed by atoms with Crippen molar-refractivity contribution < 1.29 is 4.74 Å². The first-order valence-electron chi connectivity index (χ1n) is 6.57. The van der Waals surface area contributed by atoms with E-state index in [4.69, 9.17) is 4.74 Å². The van der Waals surface area contributed by atoms with Crippen LogP contribution in [-0.2, 0) is 4.74 Å². The number of methoxy groups -OCH3 is 1. The van der Waals surface area contributed by atoms with Gasteiger partial charge in [0.2, 0.25) is 0 Å². The molecule has 0 spiro atoms. The maximum atomic E-state index is 5.40. The Hall–Kier alpha value is -0.120. The van der Waals surface area contributed by atoms with Crippen molar-refractivity contribution in [3.8, 4) is 0 Å². The van der Waals surface area contributed by atoms with Gasteiger partial charge in [-0.25, -0.2) is 0 Å². The molecule has 0 saturated heterocycles. The van der Waals surface area contributed by atoms with E-state index < -0.39 is 0 Å². The van der Waals surface area contributed by atoms with Gasteiger partial charge in [-0.1, -0.05) is 26.2 Å². The van der Waals surface area contributed by atoms with Crippen LogP contribution in [0.4, 0.5) is 0 Å². The van der Waals surface area contributed by atoms with Crippen molar-refractivity contribution in [2.75, 3.05) is 34.4 Å². The van der Waals surface area contributed by atoms with Crippen LogP contribution in [-0.4, -0.2) is 50.8 Å². The topological polar surface area (TPSA) is 24.5 Å². The van der Waals surface area contributed by atoms with Gasteiger partial charge in [0.05, 0.1) is 6.61 Å². The monoisotopic (exact) mass is 228 g/mol. The third-order valence-corrected chi connectivity index (χ3v) is 4.04. The zero-order valence-corrected chi connectivity index (χ0v) is 11.4. The number of hydrogen-bond acceptors (Lipinski definition) is 3. The molecule has 16 heavy (non-hydrogen) atoms. The maximum Gasteiger partial charge on any atom is 0.0633 e. The Kier molecular flexibility index (Phi) is 5.73. The molecular weight excluding hydrogens is 200 g/mol. The van der Waals surface area contributed by atoms with Crippen LogP contribution in [0.25, 0.3) is 0 Å². The zero-order chi connectivity index (χ0) is 12.0. The summed E-state index contributed by atoms with van der Waals surface area (Å²) in [4.78, 5) is 2.42. The quantitative estimate of drug-likeness (QED) is 0.751. The van der Waals surface area contributed by atoms with E-state index in [1.807, 2.05) is 0 Å². The lowest BCUT2D eigenvalue weighted by atomic mass is 9.75. The lowest BCUT2D eigenvalue weighted by molar-refractivity contribution is 0.0208. The van der Waals surface area contributed by atoms with Gasteiger partial charge in [0.15, 0.2) is 0 Å². The first-order valence-corrected chi connectivity index (χ1v) is 6.57. The second-order valence-electron chi connectivity index (χ2n) is 5.12. The smallest absolute Gasteiger partial charge is 0.0633 e. The molecule has 1 fully saturated rings. The number of hydrogen-bond donors (Lipinski definition) is 1. The van der Waals surface area contributed by atoms with E-state index in [1.165, 1.54) is 32.1 Å². The number of ether oxygens (including phenoxy) is 1. The first-order chi connectivity index (χ1) is 7.67. The summed E-state index contributed by atoms with van der Waals surface area (Å²) in [5.74, 6) is 0. The SMILES string of the molecule is CCNC(COC)C1(N(C)C)CCCCC1. The first kappa shape index (κ1) is 13.9. The molecule has 0 radical (unpaired) electrons. The normalized spacial score (nSPS) is 22.3. The summed E-state index contributed by atoms with van der Waals surface area (Å²) in [5.41, 5.74) is 0.296. The van der Waals surface area contributed by atoms with E-state index in [0.717, 1.165) is 13.2 Å². The second kappa shape index (κ2) is 6.58. The highest BCUT2D eigenvalue weighted by Gasteiger charge is 2.41. The fraction of sp³-hybridized carbons (Fsp3) is 1.00. The molecule has 3 heteroatoms. The van der Waals surface area contributed by atoms with E-state index in [0.29, 0.717) is 11.6 Å². The standard InChI is InChI=1S/C13H28N2O/c1-5-14-12(11-16-4)13(15(2)3)9-7-6-8-10-13/h12,14H,5-11H2,1-4H3. The Balaban J connectivity index is 2.78. The van der Waals surface area contributed by atoms with Crippen LogP contribution in [0.15, 0.2) is 0 Å². The van der Waals surface area contributed by atoms with Gasteiger partial charge in [-0.3, -0.25) is 0 Å². The largest absolute Gasteiger partial charge is 0.383 e. The minimum Gasteiger partial charge on any atom is -0.383 e. The summed E-state index contributed by atoms with van der Waals surface area (Å²) >= 11 is 0. The summed E-state index contributed by atoms with van der Waals surface area (Å²) in [6, 6.07) is 0.456. The molecule has 1 atom stereocenters. The molecular formula is C13H28N2O. The zero-order valence-electron chi connectivity index (χ0n) is 11.4. The number of rotatable bonds is 6. The van der Waals surface area contributed by atoms with E-state index in [2.05, 4.69) is 31.2 Å². The van der Waals surface area contributed by atoms with Crippen LogP contribution >= 0.6 is 0 Å². The van der Waals surface area contributed by atoms with E-state index in [1.54, 1.807) is 7.11 Å². The van der Waals surface area contributed by atoms with E-state index >= 15 is 0 Å². The van der Waals surface area contributed by atoms with Crippen molar-refractivity contribution in [1.82, 2.24) is 10.2 Å². The Morgan fingerprint density at radius 3 is 2.31 bits per heavy atom. The fourth-order valence-corrected chi connectivity index (χ4v) is 3.09. The van der Waals surface area contributed by atoms with Gasteiger partial charge in [0.1, 0.15) is 0 Å². The molecule has 1 N–H and O–H groups in total. The van der Waals surface area contributed by atoms with Gasteiger partial charge < -0.3 is 15.0 Å². The van der Waals surface area contributed by atoms with E-state index in [9.17, 15) is 0 Å². The Morgan fingerprint density at radius 1 is 1.25 bits per heavy atom. The van der Waals surface area contributed by atoms with Gasteiger partial charge >= 0.3 is 0 Å². The second-order valence-corrected chi connectivity index (χ2v) is 5.12. The van der Waals surface area contributed by atoms with Crippen molar-refractivity contribution in [3.05, 3.63) is 0 Å². The Labute approximate surface area is 101 Å². The summed E-state index contributed by atoms with van der Waals surface area (Å²) in [6.45, 7) is 4.00. The van der Waals surface area contributed by atoms with Crippen molar-refractivity contribution in [2.24, 2.45) is 0 Å². The van der Waals surface area contributed by atoms with Crippen LogP contribution in [0.1, 0.15) is 39.0 Å². The van der Waals surface area contributed by atoms with Crippen LogP contribution in [0.5, 0.6) is 0 Å². The molecule has 0 bridgehead atoms. The molecule has 1 saturated carbocycles. The highest BCUT2D eigenvalue weighted by atomic mass is 16.5. The van der Waals surface area contributed by atoms with Crippen molar-refractivity contribution in [3.63, 3.8) is 0 Å². The molecule has 0 aromatic rings. The average Bonchev–Trinajstić information content (AvgIpc) is 2.29. The summed E-state index contributed by atoms with van der Waals surface area (Å²) in [5, 5.41) is 3.61. The number of likely N-dealkylation sites (N-methyl/N-ethyl adjacent to an activating group) is 2. The molecule has 1 aliphatic carbocycles. The minimum absolute atomic E-state index is 0.296. The Bertz CT molecular complexity index is 182. The maximum absolute atomic E-state index is 5.40. The van der Waals surface area contributed by atoms with Gasteiger partial charge in [-0.05, 0) is 33.5 Å². The minimum atomic E-state index is 0.296. The molecule has 1 aliphatic rings. The van der Waals surface area contributed by atoms with Crippen LogP contribution in [0.3, 0.4) is 0 Å². The van der Waals surface area contributed by atoms with E-state index in [-0.39, 0.29) is 0 Å². The molecule has 0 aromatic carbocycles. The summed E-state index contributed by atoms with van der Waals surface area (Å²) < 4.78 is 5.40.